The lowest BCUT2D eigenvalue weighted by atomic mass is 10.1. The van der Waals surface area contributed by atoms with Crippen LogP contribution in [0.2, 0.25) is 0 Å². The standard InChI is InChI=1S/C20H20N6O3/c1-12-10-23-15-6-5-13(11-26(12)15)16-18(20-22-7-9-29-20)25-19(21)17(24-16)14(27)4-3-8-28-2/h5-7,9-11H,3-4,8H2,1-2H3,(H2,21,25). The molecule has 0 saturated heterocycles. The number of nitrogen functional groups attached to an aromatic ring is 1. The third-order valence-electron chi connectivity index (χ3n) is 4.54. The summed E-state index contributed by atoms with van der Waals surface area (Å²) in [5.41, 5.74) is 9.56. The molecular weight excluding hydrogens is 372 g/mol. The number of anilines is 1. The Morgan fingerprint density at radius 1 is 1.24 bits per heavy atom. The number of carbonyl (C=O) groups is 1. The molecule has 0 atom stereocenters. The van der Waals surface area contributed by atoms with Gasteiger partial charge in [-0.05, 0) is 25.5 Å². The summed E-state index contributed by atoms with van der Waals surface area (Å²) >= 11 is 0. The first-order valence-corrected chi connectivity index (χ1v) is 9.12. The number of carbonyl (C=O) groups excluding carboxylic acids is 1. The lowest BCUT2D eigenvalue weighted by Gasteiger charge is -2.11. The predicted molar refractivity (Wildman–Crippen MR) is 106 cm³/mol. The average Bonchev–Trinajstić information content (AvgIpc) is 3.38. The minimum atomic E-state index is -0.188. The molecule has 0 aliphatic rings. The number of oxazole rings is 1. The fraction of sp³-hybridized carbons (Fsp3) is 0.250. The van der Waals surface area contributed by atoms with Gasteiger partial charge in [-0.1, -0.05) is 0 Å². The van der Waals surface area contributed by atoms with Gasteiger partial charge in [0.15, 0.2) is 17.3 Å². The normalized spacial score (nSPS) is 11.2. The first-order valence-electron chi connectivity index (χ1n) is 9.12. The van der Waals surface area contributed by atoms with E-state index in [-0.39, 0.29) is 29.6 Å². The molecule has 0 saturated carbocycles. The number of rotatable bonds is 7. The molecule has 4 aromatic heterocycles. The van der Waals surface area contributed by atoms with E-state index in [9.17, 15) is 4.79 Å². The van der Waals surface area contributed by atoms with Gasteiger partial charge in [0.1, 0.15) is 23.3 Å². The van der Waals surface area contributed by atoms with E-state index < -0.39 is 0 Å². The molecule has 0 aromatic carbocycles. The Kier molecular flexibility index (Phi) is 5.05. The van der Waals surface area contributed by atoms with Crippen molar-refractivity contribution < 1.29 is 13.9 Å². The molecule has 0 fully saturated rings. The van der Waals surface area contributed by atoms with Crippen molar-refractivity contribution in [3.8, 4) is 22.8 Å². The minimum absolute atomic E-state index is 0.0456. The van der Waals surface area contributed by atoms with Crippen LogP contribution in [0.25, 0.3) is 28.5 Å². The van der Waals surface area contributed by atoms with Crippen LogP contribution >= 0.6 is 0 Å². The zero-order valence-electron chi connectivity index (χ0n) is 16.1. The van der Waals surface area contributed by atoms with Gasteiger partial charge in [0, 0.05) is 43.8 Å². The number of aromatic nitrogens is 5. The summed E-state index contributed by atoms with van der Waals surface area (Å²) in [6.45, 7) is 2.44. The maximum atomic E-state index is 12.7. The van der Waals surface area contributed by atoms with Crippen LogP contribution < -0.4 is 5.73 Å². The van der Waals surface area contributed by atoms with Gasteiger partial charge in [-0.15, -0.1) is 0 Å². The van der Waals surface area contributed by atoms with Crippen molar-refractivity contribution in [2.75, 3.05) is 19.5 Å². The Bertz CT molecular complexity index is 1170. The van der Waals surface area contributed by atoms with Crippen LogP contribution in [-0.2, 0) is 4.74 Å². The maximum absolute atomic E-state index is 12.7. The number of nitrogens with two attached hydrogens (primary N) is 1. The zero-order chi connectivity index (χ0) is 20.4. The Labute approximate surface area is 166 Å². The van der Waals surface area contributed by atoms with Gasteiger partial charge in [-0.25, -0.2) is 19.9 Å². The number of ketones is 1. The van der Waals surface area contributed by atoms with Gasteiger partial charge < -0.3 is 19.3 Å². The summed E-state index contributed by atoms with van der Waals surface area (Å²) < 4.78 is 12.4. The van der Waals surface area contributed by atoms with E-state index in [0.717, 1.165) is 16.9 Å². The SMILES string of the molecule is COCCCC(=O)c1nc(-c2ccc3ncc(C)n3c2)c(-c2ncco2)nc1N. The third kappa shape index (κ3) is 3.59. The molecule has 4 aromatic rings. The number of aryl methyl sites for hydroxylation is 1. The second-order valence-corrected chi connectivity index (χ2v) is 6.56. The molecule has 29 heavy (non-hydrogen) atoms. The van der Waals surface area contributed by atoms with Crippen molar-refractivity contribution in [2.45, 2.75) is 19.8 Å². The van der Waals surface area contributed by atoms with Crippen molar-refractivity contribution >= 4 is 17.2 Å². The fourth-order valence-corrected chi connectivity index (χ4v) is 3.08. The Balaban J connectivity index is 1.85. The first kappa shape index (κ1) is 18.8. The van der Waals surface area contributed by atoms with Crippen molar-refractivity contribution in [3.63, 3.8) is 0 Å². The molecule has 0 radical (unpaired) electrons. The molecule has 4 rings (SSSR count). The predicted octanol–water partition coefficient (Wildman–Crippen LogP) is 2.95. The molecule has 0 unspecified atom stereocenters. The fourth-order valence-electron chi connectivity index (χ4n) is 3.08. The van der Waals surface area contributed by atoms with E-state index in [1.165, 1.54) is 12.5 Å². The van der Waals surface area contributed by atoms with Crippen LogP contribution in [0.3, 0.4) is 0 Å². The van der Waals surface area contributed by atoms with E-state index in [0.29, 0.717) is 24.4 Å². The van der Waals surface area contributed by atoms with Crippen LogP contribution in [0.1, 0.15) is 29.0 Å². The lowest BCUT2D eigenvalue weighted by Crippen LogP contribution is -2.12. The molecule has 4 heterocycles. The topological polar surface area (TPSA) is 121 Å². The van der Waals surface area contributed by atoms with Gasteiger partial charge in [0.05, 0.1) is 6.20 Å². The molecule has 148 valence electrons. The highest BCUT2D eigenvalue weighted by Crippen LogP contribution is 2.30. The van der Waals surface area contributed by atoms with Gasteiger partial charge in [-0.2, -0.15) is 0 Å². The van der Waals surface area contributed by atoms with Crippen molar-refractivity contribution in [1.82, 2.24) is 24.3 Å². The van der Waals surface area contributed by atoms with Crippen LogP contribution in [-0.4, -0.2) is 43.8 Å². The van der Waals surface area contributed by atoms with E-state index in [4.69, 9.17) is 14.9 Å². The average molecular weight is 392 g/mol. The van der Waals surface area contributed by atoms with Gasteiger partial charge >= 0.3 is 0 Å². The summed E-state index contributed by atoms with van der Waals surface area (Å²) in [6.07, 6.45) is 7.49. The molecule has 0 aliphatic heterocycles. The third-order valence-corrected chi connectivity index (χ3v) is 4.54. The van der Waals surface area contributed by atoms with Crippen LogP contribution in [0.15, 0.2) is 41.4 Å². The Morgan fingerprint density at radius 3 is 2.86 bits per heavy atom. The molecule has 9 nitrogen and oxygen atoms in total. The zero-order valence-corrected chi connectivity index (χ0v) is 16.1. The van der Waals surface area contributed by atoms with Crippen LogP contribution in [0, 0.1) is 6.92 Å². The van der Waals surface area contributed by atoms with Crippen LogP contribution in [0.4, 0.5) is 5.82 Å². The highest BCUT2D eigenvalue weighted by atomic mass is 16.5. The molecule has 0 spiro atoms. The maximum Gasteiger partial charge on any atom is 0.247 e. The molecule has 9 heteroatoms. The highest BCUT2D eigenvalue weighted by molar-refractivity contribution is 5.99. The van der Waals surface area contributed by atoms with Gasteiger partial charge in [0.25, 0.3) is 0 Å². The van der Waals surface area contributed by atoms with E-state index in [1.54, 1.807) is 13.3 Å². The molecule has 0 amide bonds. The number of pyridine rings is 1. The Morgan fingerprint density at radius 2 is 2.10 bits per heavy atom. The minimum Gasteiger partial charge on any atom is -0.443 e. The number of nitrogens with zero attached hydrogens (tertiary/aromatic N) is 5. The smallest absolute Gasteiger partial charge is 0.247 e. The number of ether oxygens (including phenoxy) is 1. The summed E-state index contributed by atoms with van der Waals surface area (Å²) in [5.74, 6) is 0.136. The number of imidazole rings is 1. The molecule has 0 bridgehead atoms. The quantitative estimate of drug-likeness (QED) is 0.376. The number of fused-ring (bicyclic) bond motifs is 1. The summed E-state index contributed by atoms with van der Waals surface area (Å²) in [4.78, 5) is 30.2. The van der Waals surface area contributed by atoms with Crippen molar-refractivity contribution in [1.29, 1.82) is 0 Å². The van der Waals surface area contributed by atoms with Gasteiger partial charge in [-0.3, -0.25) is 4.79 Å². The van der Waals surface area contributed by atoms with Crippen molar-refractivity contribution in [3.05, 3.63) is 48.4 Å². The summed E-state index contributed by atoms with van der Waals surface area (Å²) in [5, 5.41) is 0. The van der Waals surface area contributed by atoms with Crippen molar-refractivity contribution in [2.24, 2.45) is 0 Å². The van der Waals surface area contributed by atoms with E-state index >= 15 is 0 Å². The van der Waals surface area contributed by atoms with E-state index in [1.807, 2.05) is 29.7 Å². The largest absolute Gasteiger partial charge is 0.443 e. The van der Waals surface area contributed by atoms with Crippen LogP contribution in [0.5, 0.6) is 0 Å². The Hall–Kier alpha value is -3.59. The lowest BCUT2D eigenvalue weighted by molar-refractivity contribution is 0.0959. The highest BCUT2D eigenvalue weighted by Gasteiger charge is 2.22. The number of hydrogen-bond donors (Lipinski definition) is 1. The van der Waals surface area contributed by atoms with E-state index in [2.05, 4.69) is 19.9 Å². The number of methoxy groups -OCH3 is 1. The summed E-state index contributed by atoms with van der Waals surface area (Å²) in [6, 6.07) is 3.74. The first-order chi connectivity index (χ1) is 14.1. The number of Topliss-reactive ketones (excluding diaryl/α,β-unsaturated/α-hetero) is 1. The summed E-state index contributed by atoms with van der Waals surface area (Å²) in [7, 11) is 1.59. The monoisotopic (exact) mass is 392 g/mol. The molecular formula is C20H20N6O3. The van der Waals surface area contributed by atoms with Gasteiger partial charge in [0.2, 0.25) is 5.89 Å². The molecule has 2 N–H and O–H groups in total. The second-order valence-electron chi connectivity index (χ2n) is 6.56. The second kappa shape index (κ2) is 7.80. The molecule has 0 aliphatic carbocycles. The number of hydrogen-bond acceptors (Lipinski definition) is 8.